The van der Waals surface area contributed by atoms with Crippen molar-refractivity contribution in [1.29, 1.82) is 0 Å². The van der Waals surface area contributed by atoms with E-state index in [0.717, 1.165) is 0 Å². The van der Waals surface area contributed by atoms with Gasteiger partial charge >= 0.3 is 0 Å². The van der Waals surface area contributed by atoms with Crippen molar-refractivity contribution < 1.29 is 18.3 Å². The molecule has 3 rings (SSSR count). The Hall–Kier alpha value is -2.73. The van der Waals surface area contributed by atoms with Crippen molar-refractivity contribution >= 4 is 17.2 Å². The molecule has 0 unspecified atom stereocenters. The number of carbonyl (C=O) groups is 1. The Morgan fingerprint density at radius 1 is 1.00 bits per heavy atom. The monoisotopic (exact) mass is 415 g/mol. The molecular weight excluding hydrogens is 392 g/mol. The number of ether oxygens (including phenoxy) is 1. The second-order valence-electron chi connectivity index (χ2n) is 7.25. The van der Waals surface area contributed by atoms with Crippen LogP contribution in [-0.4, -0.2) is 5.91 Å². The lowest BCUT2D eigenvalue weighted by atomic mass is 10.0. The number of thiophene rings is 1. The van der Waals surface area contributed by atoms with E-state index in [-0.39, 0.29) is 11.5 Å². The summed E-state index contributed by atoms with van der Waals surface area (Å²) < 4.78 is 33.4. The Balaban J connectivity index is 1.68. The molecule has 3 aromatic rings. The maximum atomic E-state index is 13.8. The zero-order chi connectivity index (χ0) is 21.1. The van der Waals surface area contributed by atoms with Crippen molar-refractivity contribution in [3.05, 3.63) is 81.7 Å². The summed E-state index contributed by atoms with van der Waals surface area (Å²) in [6.45, 7) is 7.28. The van der Waals surface area contributed by atoms with E-state index in [1.165, 1.54) is 36.0 Å². The Bertz CT molecular complexity index is 1010. The molecule has 29 heavy (non-hydrogen) atoms. The van der Waals surface area contributed by atoms with Gasteiger partial charge in [0.15, 0.2) is 5.06 Å². The molecule has 1 N–H and O–H groups in total. The molecule has 0 aliphatic rings. The van der Waals surface area contributed by atoms with Gasteiger partial charge in [-0.2, -0.15) is 0 Å². The van der Waals surface area contributed by atoms with E-state index in [2.05, 4.69) is 19.2 Å². The van der Waals surface area contributed by atoms with Gasteiger partial charge in [-0.1, -0.05) is 37.3 Å². The Kier molecular flexibility index (Phi) is 6.33. The van der Waals surface area contributed by atoms with Gasteiger partial charge in [0.2, 0.25) is 0 Å². The molecule has 1 heterocycles. The van der Waals surface area contributed by atoms with Crippen LogP contribution < -0.4 is 10.1 Å². The van der Waals surface area contributed by atoms with E-state index in [9.17, 15) is 13.6 Å². The topological polar surface area (TPSA) is 38.3 Å². The molecule has 0 fully saturated rings. The third-order valence-electron chi connectivity index (χ3n) is 4.70. The molecule has 0 radical (unpaired) electrons. The van der Waals surface area contributed by atoms with E-state index < -0.39 is 17.7 Å². The van der Waals surface area contributed by atoms with Crippen molar-refractivity contribution in [1.82, 2.24) is 5.32 Å². The van der Waals surface area contributed by atoms with Crippen LogP contribution in [0.1, 0.15) is 59.1 Å². The van der Waals surface area contributed by atoms with Gasteiger partial charge < -0.3 is 10.1 Å². The molecule has 0 aliphatic carbocycles. The van der Waals surface area contributed by atoms with Crippen LogP contribution in [0.25, 0.3) is 0 Å². The lowest BCUT2D eigenvalue weighted by molar-refractivity contribution is 0.0944. The summed E-state index contributed by atoms with van der Waals surface area (Å²) in [5.74, 6) is -0.479. The number of hydrogen-bond acceptors (Lipinski definition) is 3. The molecule has 0 spiro atoms. The standard InChI is InChI=1S/C23H23F2NO2S/c1-13(2)16-6-5-7-18(10-16)28-22-9-8-21(29-22)23(27)26-15(4)17-11-19(24)14(3)20(25)12-17/h5-13,15H,1-4H3,(H,26,27)/t15-/m1/s1. The van der Waals surface area contributed by atoms with Gasteiger partial charge in [-0.15, -0.1) is 0 Å². The van der Waals surface area contributed by atoms with Gasteiger partial charge in [-0.3, -0.25) is 4.79 Å². The Labute approximate surface area is 173 Å². The Morgan fingerprint density at radius 2 is 1.69 bits per heavy atom. The van der Waals surface area contributed by atoms with E-state index in [1.54, 1.807) is 19.1 Å². The number of hydrogen-bond donors (Lipinski definition) is 1. The highest BCUT2D eigenvalue weighted by molar-refractivity contribution is 7.15. The van der Waals surface area contributed by atoms with Crippen molar-refractivity contribution in [3.8, 4) is 10.8 Å². The minimum atomic E-state index is -0.628. The third kappa shape index (κ3) is 5.01. The maximum Gasteiger partial charge on any atom is 0.261 e. The molecule has 3 nitrogen and oxygen atoms in total. The van der Waals surface area contributed by atoms with Gasteiger partial charge in [-0.05, 0) is 67.3 Å². The van der Waals surface area contributed by atoms with Crippen LogP contribution in [-0.2, 0) is 0 Å². The number of carbonyl (C=O) groups excluding carboxylic acids is 1. The van der Waals surface area contributed by atoms with Crippen molar-refractivity contribution in [2.75, 3.05) is 0 Å². The minimum absolute atomic E-state index is 0.0335. The molecule has 0 aliphatic heterocycles. The van der Waals surface area contributed by atoms with Crippen molar-refractivity contribution in [2.45, 2.75) is 39.7 Å². The zero-order valence-corrected chi connectivity index (χ0v) is 17.6. The number of benzene rings is 2. The van der Waals surface area contributed by atoms with Gasteiger partial charge in [0.1, 0.15) is 17.4 Å². The van der Waals surface area contributed by atoms with Crippen LogP contribution in [0.2, 0.25) is 0 Å². The van der Waals surface area contributed by atoms with Gasteiger partial charge in [-0.25, -0.2) is 8.78 Å². The maximum absolute atomic E-state index is 13.8. The quantitative estimate of drug-likeness (QED) is 0.484. The van der Waals surface area contributed by atoms with Crippen LogP contribution in [0.5, 0.6) is 10.8 Å². The molecule has 0 saturated carbocycles. The number of amides is 1. The lowest BCUT2D eigenvalue weighted by Crippen LogP contribution is -2.26. The summed E-state index contributed by atoms with van der Waals surface area (Å²) in [6.07, 6.45) is 0. The summed E-state index contributed by atoms with van der Waals surface area (Å²) in [4.78, 5) is 13.0. The number of nitrogens with one attached hydrogen (secondary N) is 1. The van der Waals surface area contributed by atoms with Crippen LogP contribution in [0.4, 0.5) is 8.78 Å². The number of rotatable bonds is 6. The summed E-state index contributed by atoms with van der Waals surface area (Å²) in [5.41, 5.74) is 1.51. The van der Waals surface area contributed by atoms with Gasteiger partial charge in [0.25, 0.3) is 5.91 Å². The van der Waals surface area contributed by atoms with Crippen LogP contribution in [0, 0.1) is 18.6 Å². The summed E-state index contributed by atoms with van der Waals surface area (Å²) in [6, 6.07) is 13.2. The molecule has 0 bridgehead atoms. The first kappa shape index (κ1) is 21.0. The number of halogens is 2. The van der Waals surface area contributed by atoms with Crippen LogP contribution in [0.15, 0.2) is 48.5 Å². The summed E-state index contributed by atoms with van der Waals surface area (Å²) in [5, 5.41) is 3.36. The molecule has 1 amide bonds. The average Bonchev–Trinajstić information content (AvgIpc) is 3.14. The smallest absolute Gasteiger partial charge is 0.261 e. The third-order valence-corrected chi connectivity index (χ3v) is 5.66. The molecule has 1 atom stereocenters. The molecule has 1 aromatic heterocycles. The second-order valence-corrected chi connectivity index (χ2v) is 8.30. The first-order chi connectivity index (χ1) is 13.7. The van der Waals surface area contributed by atoms with E-state index in [1.807, 2.05) is 24.3 Å². The minimum Gasteiger partial charge on any atom is -0.447 e. The first-order valence-corrected chi connectivity index (χ1v) is 10.2. The van der Waals surface area contributed by atoms with E-state index >= 15 is 0 Å². The fourth-order valence-corrected chi connectivity index (χ4v) is 3.59. The van der Waals surface area contributed by atoms with Crippen LogP contribution >= 0.6 is 11.3 Å². The summed E-state index contributed by atoms with van der Waals surface area (Å²) in [7, 11) is 0. The Morgan fingerprint density at radius 3 is 2.34 bits per heavy atom. The summed E-state index contributed by atoms with van der Waals surface area (Å²) >= 11 is 1.21. The molecule has 2 aromatic carbocycles. The van der Waals surface area contributed by atoms with Crippen molar-refractivity contribution in [2.24, 2.45) is 0 Å². The van der Waals surface area contributed by atoms with E-state index in [0.29, 0.717) is 27.2 Å². The van der Waals surface area contributed by atoms with E-state index in [4.69, 9.17) is 4.74 Å². The molecule has 6 heteroatoms. The fraction of sp³-hybridized carbons (Fsp3) is 0.261. The highest BCUT2D eigenvalue weighted by atomic mass is 32.1. The highest BCUT2D eigenvalue weighted by Crippen LogP contribution is 2.31. The highest BCUT2D eigenvalue weighted by Gasteiger charge is 2.17. The normalized spacial score (nSPS) is 12.1. The van der Waals surface area contributed by atoms with Gasteiger partial charge in [0.05, 0.1) is 10.9 Å². The lowest BCUT2D eigenvalue weighted by Gasteiger charge is -2.15. The predicted molar refractivity (Wildman–Crippen MR) is 112 cm³/mol. The largest absolute Gasteiger partial charge is 0.447 e. The molecule has 152 valence electrons. The molecular formula is C23H23F2NO2S. The zero-order valence-electron chi connectivity index (χ0n) is 16.8. The fourth-order valence-electron chi connectivity index (χ4n) is 2.82. The second kappa shape index (κ2) is 8.74. The van der Waals surface area contributed by atoms with Crippen molar-refractivity contribution in [3.63, 3.8) is 0 Å². The van der Waals surface area contributed by atoms with Crippen LogP contribution in [0.3, 0.4) is 0 Å². The predicted octanol–water partition coefficient (Wildman–Crippen LogP) is 6.74. The molecule has 0 saturated heterocycles. The SMILES string of the molecule is Cc1c(F)cc([C@@H](C)NC(=O)c2ccc(Oc3cccc(C(C)C)c3)s2)cc1F. The average molecular weight is 416 g/mol. The van der Waals surface area contributed by atoms with Gasteiger partial charge in [0, 0.05) is 5.56 Å². The first-order valence-electron chi connectivity index (χ1n) is 9.38.